The van der Waals surface area contributed by atoms with Gasteiger partial charge in [0.1, 0.15) is 6.07 Å². The van der Waals surface area contributed by atoms with Crippen LogP contribution in [0.25, 0.3) is 5.69 Å². The molecule has 0 aliphatic heterocycles. The average Bonchev–Trinajstić information content (AvgIpc) is 2.83. The van der Waals surface area contributed by atoms with Crippen molar-refractivity contribution in [2.24, 2.45) is 0 Å². The summed E-state index contributed by atoms with van der Waals surface area (Å²) >= 11 is 12.1. The molecule has 2 rings (SSSR count). The highest BCUT2D eigenvalue weighted by Gasteiger charge is 2.21. The smallest absolute Gasteiger partial charge is 0.186 e. The minimum absolute atomic E-state index is 0.220. The first-order valence-electron chi connectivity index (χ1n) is 6.42. The summed E-state index contributed by atoms with van der Waals surface area (Å²) < 4.78 is 1.66. The minimum Gasteiger partial charge on any atom is -0.216 e. The molecule has 0 atom stereocenters. The summed E-state index contributed by atoms with van der Waals surface area (Å²) in [4.78, 5) is 0. The molecule has 4 nitrogen and oxygen atoms in total. The van der Waals surface area contributed by atoms with Crippen LogP contribution < -0.4 is 0 Å². The molecule has 0 amide bonds. The minimum atomic E-state index is 0.220. The van der Waals surface area contributed by atoms with Crippen molar-refractivity contribution in [1.29, 1.82) is 5.26 Å². The summed E-state index contributed by atoms with van der Waals surface area (Å²) in [5.74, 6) is 0.220. The van der Waals surface area contributed by atoms with Crippen LogP contribution in [-0.2, 0) is 0 Å². The molecular weight excluding hydrogens is 295 g/mol. The van der Waals surface area contributed by atoms with Crippen LogP contribution in [0.3, 0.4) is 0 Å². The monoisotopic (exact) mass is 308 g/mol. The van der Waals surface area contributed by atoms with Crippen molar-refractivity contribution in [1.82, 2.24) is 15.0 Å². The second-order valence-corrected chi connectivity index (χ2v) is 5.36. The molecule has 1 heterocycles. The lowest BCUT2D eigenvalue weighted by Crippen LogP contribution is -2.08. The van der Waals surface area contributed by atoms with Crippen LogP contribution in [0.4, 0.5) is 0 Å². The number of hydrogen-bond acceptors (Lipinski definition) is 3. The maximum Gasteiger partial charge on any atom is 0.186 e. The van der Waals surface area contributed by atoms with Crippen molar-refractivity contribution in [2.75, 3.05) is 0 Å². The third-order valence-electron chi connectivity index (χ3n) is 3.28. The van der Waals surface area contributed by atoms with Gasteiger partial charge in [0.25, 0.3) is 0 Å². The van der Waals surface area contributed by atoms with Crippen LogP contribution in [0.1, 0.15) is 44.0 Å². The lowest BCUT2D eigenvalue weighted by Gasteiger charge is -2.14. The van der Waals surface area contributed by atoms with E-state index in [-0.39, 0.29) is 5.92 Å². The predicted molar refractivity (Wildman–Crippen MR) is 79.4 cm³/mol. The Bertz CT molecular complexity index is 633. The lowest BCUT2D eigenvalue weighted by atomic mass is 9.97. The number of rotatable bonds is 4. The van der Waals surface area contributed by atoms with E-state index in [1.807, 2.05) is 0 Å². The summed E-state index contributed by atoms with van der Waals surface area (Å²) in [6.45, 7) is 4.16. The van der Waals surface area contributed by atoms with Gasteiger partial charge in [0.2, 0.25) is 0 Å². The van der Waals surface area contributed by atoms with E-state index in [1.54, 1.807) is 22.9 Å². The van der Waals surface area contributed by atoms with Gasteiger partial charge in [-0.15, -0.1) is 5.10 Å². The lowest BCUT2D eigenvalue weighted by molar-refractivity contribution is 0.594. The molecule has 6 heteroatoms. The number of hydrogen-bond donors (Lipinski definition) is 0. The van der Waals surface area contributed by atoms with Crippen LogP contribution in [-0.4, -0.2) is 15.0 Å². The van der Waals surface area contributed by atoms with Crippen molar-refractivity contribution in [3.05, 3.63) is 39.6 Å². The summed E-state index contributed by atoms with van der Waals surface area (Å²) in [5, 5.41) is 18.3. The van der Waals surface area contributed by atoms with E-state index in [2.05, 4.69) is 30.2 Å². The molecular formula is C14H14Cl2N4. The Labute approximate surface area is 127 Å². The van der Waals surface area contributed by atoms with Crippen molar-refractivity contribution in [3.8, 4) is 11.8 Å². The average molecular weight is 309 g/mol. The SMILES string of the molecule is CCC(CC)c1c(C#N)nnn1-c1cc(Cl)cc(Cl)c1. The topological polar surface area (TPSA) is 54.5 Å². The van der Waals surface area contributed by atoms with Gasteiger partial charge in [-0.3, -0.25) is 0 Å². The second kappa shape index (κ2) is 6.25. The van der Waals surface area contributed by atoms with Crippen LogP contribution in [0.2, 0.25) is 10.0 Å². The molecule has 20 heavy (non-hydrogen) atoms. The Kier molecular flexibility index (Phi) is 4.64. The fourth-order valence-corrected chi connectivity index (χ4v) is 2.78. The summed E-state index contributed by atoms with van der Waals surface area (Å²) in [5.41, 5.74) is 1.89. The largest absolute Gasteiger partial charge is 0.216 e. The highest BCUT2D eigenvalue weighted by atomic mass is 35.5. The Morgan fingerprint density at radius 3 is 2.30 bits per heavy atom. The first kappa shape index (κ1) is 14.8. The van der Waals surface area contributed by atoms with Crippen molar-refractivity contribution in [3.63, 3.8) is 0 Å². The zero-order valence-electron chi connectivity index (χ0n) is 11.3. The molecule has 104 valence electrons. The van der Waals surface area contributed by atoms with E-state index in [9.17, 15) is 5.26 Å². The molecule has 0 saturated heterocycles. The molecule has 0 radical (unpaired) electrons. The van der Waals surface area contributed by atoms with E-state index in [0.717, 1.165) is 24.2 Å². The van der Waals surface area contributed by atoms with Gasteiger partial charge in [-0.05, 0) is 31.0 Å². The molecule has 0 N–H and O–H groups in total. The molecule has 0 bridgehead atoms. The van der Waals surface area contributed by atoms with E-state index in [0.29, 0.717) is 15.7 Å². The molecule has 0 saturated carbocycles. The Morgan fingerprint density at radius 2 is 1.80 bits per heavy atom. The maximum atomic E-state index is 9.21. The quantitative estimate of drug-likeness (QED) is 0.843. The molecule has 0 spiro atoms. The van der Waals surface area contributed by atoms with Crippen molar-refractivity contribution >= 4 is 23.2 Å². The van der Waals surface area contributed by atoms with Crippen LogP contribution >= 0.6 is 23.2 Å². The zero-order valence-corrected chi connectivity index (χ0v) is 12.8. The highest BCUT2D eigenvalue weighted by molar-refractivity contribution is 6.34. The molecule has 0 aliphatic carbocycles. The van der Waals surface area contributed by atoms with Crippen LogP contribution in [0, 0.1) is 11.3 Å². The Balaban J connectivity index is 2.63. The van der Waals surface area contributed by atoms with E-state index in [1.165, 1.54) is 0 Å². The van der Waals surface area contributed by atoms with Gasteiger partial charge >= 0.3 is 0 Å². The van der Waals surface area contributed by atoms with E-state index < -0.39 is 0 Å². The fraction of sp³-hybridized carbons (Fsp3) is 0.357. The zero-order chi connectivity index (χ0) is 14.7. The Morgan fingerprint density at radius 1 is 1.20 bits per heavy atom. The Hall–Kier alpha value is -1.57. The number of aromatic nitrogens is 3. The fourth-order valence-electron chi connectivity index (χ4n) is 2.26. The van der Waals surface area contributed by atoms with Crippen molar-refractivity contribution in [2.45, 2.75) is 32.6 Å². The van der Waals surface area contributed by atoms with Crippen LogP contribution in [0.15, 0.2) is 18.2 Å². The molecule has 1 aromatic carbocycles. The summed E-state index contributed by atoms with van der Waals surface area (Å²) in [7, 11) is 0. The van der Waals surface area contributed by atoms with Gasteiger partial charge in [0.15, 0.2) is 5.69 Å². The highest BCUT2D eigenvalue weighted by Crippen LogP contribution is 2.29. The van der Waals surface area contributed by atoms with Gasteiger partial charge in [-0.1, -0.05) is 42.3 Å². The van der Waals surface area contributed by atoms with Gasteiger partial charge in [-0.2, -0.15) is 5.26 Å². The van der Waals surface area contributed by atoms with E-state index in [4.69, 9.17) is 23.2 Å². The maximum absolute atomic E-state index is 9.21. The first-order chi connectivity index (χ1) is 9.60. The third kappa shape index (κ3) is 2.79. The molecule has 0 fully saturated rings. The van der Waals surface area contributed by atoms with Crippen molar-refractivity contribution < 1.29 is 0 Å². The molecule has 0 aliphatic rings. The molecule has 1 aromatic heterocycles. The molecule has 2 aromatic rings. The number of nitriles is 1. The van der Waals surface area contributed by atoms with Gasteiger partial charge in [0, 0.05) is 16.0 Å². The summed E-state index contributed by atoms with van der Waals surface area (Å²) in [6.07, 6.45) is 1.82. The van der Waals surface area contributed by atoms with Gasteiger partial charge < -0.3 is 0 Å². The first-order valence-corrected chi connectivity index (χ1v) is 7.18. The number of halogens is 2. The second-order valence-electron chi connectivity index (χ2n) is 4.49. The summed E-state index contributed by atoms with van der Waals surface area (Å²) in [6, 6.07) is 7.28. The normalized spacial score (nSPS) is 10.8. The standard InChI is InChI=1S/C14H14Cl2N4/c1-3-9(4-2)14-13(8-17)18-19-20(14)12-6-10(15)5-11(16)7-12/h5-7,9H,3-4H2,1-2H3. The molecule has 0 unspecified atom stereocenters. The van der Waals surface area contributed by atoms with Gasteiger partial charge in [0.05, 0.1) is 11.4 Å². The number of benzene rings is 1. The van der Waals surface area contributed by atoms with Crippen LogP contribution in [0.5, 0.6) is 0 Å². The third-order valence-corrected chi connectivity index (χ3v) is 3.71. The number of nitrogens with zero attached hydrogens (tertiary/aromatic N) is 4. The van der Waals surface area contributed by atoms with E-state index >= 15 is 0 Å². The van der Waals surface area contributed by atoms with Gasteiger partial charge in [-0.25, -0.2) is 4.68 Å². The predicted octanol–water partition coefficient (Wildman–Crippen LogP) is 4.35.